The molecule has 0 fully saturated rings. The van der Waals surface area contributed by atoms with Gasteiger partial charge >= 0.3 is 0 Å². The minimum absolute atomic E-state index is 0.264. The Bertz CT molecular complexity index is 905. The molecule has 1 aliphatic heterocycles. The van der Waals surface area contributed by atoms with Crippen molar-refractivity contribution in [3.63, 3.8) is 0 Å². The Morgan fingerprint density at radius 3 is 2.19 bits per heavy atom. The van der Waals surface area contributed by atoms with Crippen LogP contribution in [0.4, 0.5) is 0 Å². The Hall–Kier alpha value is -2.99. The van der Waals surface area contributed by atoms with Crippen molar-refractivity contribution in [3.05, 3.63) is 58.2 Å². The van der Waals surface area contributed by atoms with Crippen molar-refractivity contribution < 1.29 is 19.0 Å². The topological polar surface area (TPSA) is 69.2 Å². The molecule has 2 aromatic rings. The Morgan fingerprint density at radius 2 is 1.58 bits per heavy atom. The molecule has 0 spiro atoms. The van der Waals surface area contributed by atoms with Gasteiger partial charge in [-0.15, -0.1) is 0 Å². The quantitative estimate of drug-likeness (QED) is 0.818. The molecule has 1 N–H and O–H groups in total. The number of nitrogens with one attached hydrogen (secondary N) is 1. The molecule has 1 aliphatic rings. The lowest BCUT2D eigenvalue weighted by atomic mass is 10.1. The van der Waals surface area contributed by atoms with Gasteiger partial charge in [0.25, 0.3) is 5.91 Å². The van der Waals surface area contributed by atoms with Crippen LogP contribution in [-0.2, 0) is 4.79 Å². The van der Waals surface area contributed by atoms with Gasteiger partial charge < -0.3 is 19.5 Å². The van der Waals surface area contributed by atoms with Gasteiger partial charge in [0.15, 0.2) is 11.5 Å². The van der Waals surface area contributed by atoms with Gasteiger partial charge in [-0.3, -0.25) is 4.79 Å². The fraction of sp³-hybridized carbons (Fsp3) is 0.158. The molecule has 0 saturated carbocycles. The predicted octanol–water partition coefficient (Wildman–Crippen LogP) is 3.28. The molecule has 0 aromatic heterocycles. The standard InChI is InChI=1S/C19H17ClN2O4/c1-24-15-10-17(26-3)16(25-2)9-12(15)8-14-19(23)22-18(21-14)11-4-6-13(20)7-5-11/h4-10H,1-3H3,(H,21,22,23)/b14-8-. The summed E-state index contributed by atoms with van der Waals surface area (Å²) in [5.74, 6) is 1.77. The first-order valence-corrected chi connectivity index (χ1v) is 8.11. The van der Waals surface area contributed by atoms with Crippen LogP contribution in [-0.4, -0.2) is 33.1 Å². The number of methoxy groups -OCH3 is 3. The van der Waals surface area contributed by atoms with Gasteiger partial charge in [-0.05, 0) is 36.4 Å². The Kier molecular flexibility index (Phi) is 5.14. The summed E-state index contributed by atoms with van der Waals surface area (Å²) in [5, 5.41) is 3.37. The maximum Gasteiger partial charge on any atom is 0.275 e. The van der Waals surface area contributed by atoms with Crippen LogP contribution in [0.3, 0.4) is 0 Å². The van der Waals surface area contributed by atoms with Crippen molar-refractivity contribution in [1.29, 1.82) is 0 Å². The summed E-state index contributed by atoms with van der Waals surface area (Å²) < 4.78 is 16.0. The largest absolute Gasteiger partial charge is 0.496 e. The zero-order chi connectivity index (χ0) is 18.7. The van der Waals surface area contributed by atoms with E-state index >= 15 is 0 Å². The third-order valence-corrected chi connectivity index (χ3v) is 4.09. The molecule has 0 radical (unpaired) electrons. The molecular formula is C19H17ClN2O4. The maximum atomic E-state index is 12.3. The number of amides is 1. The summed E-state index contributed by atoms with van der Waals surface area (Å²) in [6.45, 7) is 0. The third-order valence-electron chi connectivity index (χ3n) is 3.84. The molecule has 0 atom stereocenters. The van der Waals surface area contributed by atoms with Crippen molar-refractivity contribution in [2.75, 3.05) is 21.3 Å². The highest BCUT2D eigenvalue weighted by Gasteiger charge is 2.22. The van der Waals surface area contributed by atoms with E-state index in [9.17, 15) is 4.79 Å². The molecule has 3 rings (SSSR count). The smallest absolute Gasteiger partial charge is 0.275 e. The molecule has 0 bridgehead atoms. The third kappa shape index (κ3) is 3.50. The molecule has 134 valence electrons. The molecule has 7 heteroatoms. The number of carbonyl (C=O) groups excluding carboxylic acids is 1. The zero-order valence-electron chi connectivity index (χ0n) is 14.5. The van der Waals surface area contributed by atoms with E-state index in [0.717, 1.165) is 5.56 Å². The van der Waals surface area contributed by atoms with Gasteiger partial charge in [0.1, 0.15) is 17.3 Å². The average molecular weight is 373 g/mol. The van der Waals surface area contributed by atoms with E-state index in [1.165, 1.54) is 0 Å². The van der Waals surface area contributed by atoms with Crippen molar-refractivity contribution in [3.8, 4) is 17.2 Å². The zero-order valence-corrected chi connectivity index (χ0v) is 15.3. The minimum Gasteiger partial charge on any atom is -0.496 e. The summed E-state index contributed by atoms with van der Waals surface area (Å²) in [6.07, 6.45) is 1.64. The highest BCUT2D eigenvalue weighted by Crippen LogP contribution is 2.36. The minimum atomic E-state index is -0.299. The van der Waals surface area contributed by atoms with Gasteiger partial charge in [-0.1, -0.05) is 11.6 Å². The normalized spacial score (nSPS) is 14.8. The summed E-state index contributed by atoms with van der Waals surface area (Å²) in [6, 6.07) is 10.5. The molecule has 0 unspecified atom stereocenters. The summed E-state index contributed by atoms with van der Waals surface area (Å²) in [7, 11) is 4.63. The van der Waals surface area contributed by atoms with Crippen molar-refractivity contribution in [2.24, 2.45) is 4.99 Å². The van der Waals surface area contributed by atoms with Crippen molar-refractivity contribution in [2.45, 2.75) is 0 Å². The van der Waals surface area contributed by atoms with Crippen LogP contribution in [0.25, 0.3) is 6.08 Å². The van der Waals surface area contributed by atoms with E-state index in [4.69, 9.17) is 25.8 Å². The van der Waals surface area contributed by atoms with E-state index in [0.29, 0.717) is 33.7 Å². The number of aliphatic imine (C=N–C) groups is 1. The van der Waals surface area contributed by atoms with E-state index in [1.807, 2.05) is 0 Å². The van der Waals surface area contributed by atoms with Crippen LogP contribution in [0, 0.1) is 0 Å². The first kappa shape index (κ1) is 17.8. The molecular weight excluding hydrogens is 356 g/mol. The Labute approximate surface area is 156 Å². The number of nitrogens with zero attached hydrogens (tertiary/aromatic N) is 1. The summed E-state index contributed by atoms with van der Waals surface area (Å²) in [4.78, 5) is 16.7. The number of amidine groups is 1. The molecule has 0 aliphatic carbocycles. The monoisotopic (exact) mass is 372 g/mol. The SMILES string of the molecule is COc1cc(OC)c(OC)cc1/C=C1\N=C(c2ccc(Cl)cc2)NC1=O. The van der Waals surface area contributed by atoms with Crippen LogP contribution in [0.15, 0.2) is 47.1 Å². The fourth-order valence-corrected chi connectivity index (χ4v) is 2.65. The van der Waals surface area contributed by atoms with Crippen LogP contribution < -0.4 is 19.5 Å². The van der Waals surface area contributed by atoms with Gasteiger partial charge in [0, 0.05) is 22.2 Å². The first-order valence-electron chi connectivity index (χ1n) is 7.73. The highest BCUT2D eigenvalue weighted by molar-refractivity contribution is 6.30. The molecule has 6 nitrogen and oxygen atoms in total. The van der Waals surface area contributed by atoms with Crippen molar-refractivity contribution in [1.82, 2.24) is 5.32 Å². The van der Waals surface area contributed by atoms with Gasteiger partial charge in [0.2, 0.25) is 0 Å². The highest BCUT2D eigenvalue weighted by atomic mass is 35.5. The molecule has 26 heavy (non-hydrogen) atoms. The molecule has 2 aromatic carbocycles. The van der Waals surface area contributed by atoms with Crippen LogP contribution >= 0.6 is 11.6 Å². The number of hydrogen-bond donors (Lipinski definition) is 1. The van der Waals surface area contributed by atoms with Crippen LogP contribution in [0.5, 0.6) is 17.2 Å². The second kappa shape index (κ2) is 7.49. The lowest BCUT2D eigenvalue weighted by molar-refractivity contribution is -0.115. The van der Waals surface area contributed by atoms with Gasteiger partial charge in [0.05, 0.1) is 21.3 Å². The molecule has 1 amide bonds. The van der Waals surface area contributed by atoms with Gasteiger partial charge in [-0.2, -0.15) is 0 Å². The van der Waals surface area contributed by atoms with E-state index < -0.39 is 0 Å². The number of carbonyl (C=O) groups is 1. The summed E-state index contributed by atoms with van der Waals surface area (Å²) >= 11 is 5.90. The lowest BCUT2D eigenvalue weighted by Crippen LogP contribution is -2.24. The second-order valence-electron chi connectivity index (χ2n) is 5.40. The molecule has 0 saturated heterocycles. The lowest BCUT2D eigenvalue weighted by Gasteiger charge is -2.12. The predicted molar refractivity (Wildman–Crippen MR) is 100 cm³/mol. The number of benzene rings is 2. The second-order valence-corrected chi connectivity index (χ2v) is 5.84. The first-order chi connectivity index (χ1) is 12.5. The molecule has 1 heterocycles. The van der Waals surface area contributed by atoms with Crippen molar-refractivity contribution >= 4 is 29.4 Å². The summed E-state index contributed by atoms with van der Waals surface area (Å²) in [5.41, 5.74) is 1.68. The maximum absolute atomic E-state index is 12.3. The number of hydrogen-bond acceptors (Lipinski definition) is 5. The number of rotatable bonds is 5. The Balaban J connectivity index is 2.01. The number of halogens is 1. The van der Waals surface area contributed by atoms with Gasteiger partial charge in [-0.25, -0.2) is 4.99 Å². The van der Waals surface area contributed by atoms with E-state index in [-0.39, 0.29) is 11.6 Å². The number of ether oxygens (including phenoxy) is 3. The fourth-order valence-electron chi connectivity index (χ4n) is 2.53. The van der Waals surface area contributed by atoms with Crippen LogP contribution in [0.2, 0.25) is 5.02 Å². The van der Waals surface area contributed by atoms with E-state index in [2.05, 4.69) is 10.3 Å². The average Bonchev–Trinajstić information content (AvgIpc) is 3.02. The Morgan fingerprint density at radius 1 is 0.962 bits per heavy atom. The van der Waals surface area contributed by atoms with E-state index in [1.54, 1.807) is 63.8 Å². The van der Waals surface area contributed by atoms with Crippen LogP contribution in [0.1, 0.15) is 11.1 Å².